The van der Waals surface area contributed by atoms with Crippen LogP contribution in [0.1, 0.15) is 22.6 Å². The first-order valence-corrected chi connectivity index (χ1v) is 6.21. The Morgan fingerprint density at radius 1 is 1.32 bits per heavy atom. The lowest BCUT2D eigenvalue weighted by atomic mass is 10.0. The Morgan fingerprint density at radius 2 is 2.05 bits per heavy atom. The van der Waals surface area contributed by atoms with Crippen molar-refractivity contribution in [2.45, 2.75) is 27.2 Å². The highest BCUT2D eigenvalue weighted by atomic mass is 16.5. The first-order chi connectivity index (χ1) is 9.01. The van der Waals surface area contributed by atoms with E-state index in [1.165, 1.54) is 18.2 Å². The van der Waals surface area contributed by atoms with Crippen LogP contribution in [0, 0.1) is 20.8 Å². The number of aryl methyl sites for hydroxylation is 3. The van der Waals surface area contributed by atoms with Crippen molar-refractivity contribution in [2.75, 3.05) is 7.11 Å². The number of carbonyl (C=O) groups is 1. The molecule has 1 N–H and O–H groups in total. The molecule has 0 amide bonds. The summed E-state index contributed by atoms with van der Waals surface area (Å²) in [6.45, 7) is 6.09. The largest absolute Gasteiger partial charge is 0.469 e. The molecule has 0 saturated heterocycles. The minimum Gasteiger partial charge on any atom is -0.469 e. The molecule has 4 heteroatoms. The van der Waals surface area contributed by atoms with E-state index in [0.29, 0.717) is 5.82 Å². The predicted molar refractivity (Wildman–Crippen MR) is 74.0 cm³/mol. The summed E-state index contributed by atoms with van der Waals surface area (Å²) in [7, 11) is 1.38. The van der Waals surface area contributed by atoms with Gasteiger partial charge in [-0.3, -0.25) is 4.79 Å². The minimum absolute atomic E-state index is 0.169. The molecular weight excluding hydrogens is 240 g/mol. The first-order valence-electron chi connectivity index (χ1n) is 6.21. The van der Waals surface area contributed by atoms with Gasteiger partial charge in [-0.05, 0) is 26.3 Å². The molecule has 4 nitrogen and oxygen atoms in total. The van der Waals surface area contributed by atoms with Gasteiger partial charge in [0.25, 0.3) is 0 Å². The number of H-pyrrole nitrogens is 1. The van der Waals surface area contributed by atoms with Crippen molar-refractivity contribution in [2.24, 2.45) is 0 Å². The number of hydrogen-bond donors (Lipinski definition) is 1. The molecular formula is C15H18N2O2. The van der Waals surface area contributed by atoms with Crippen molar-refractivity contribution in [1.82, 2.24) is 9.97 Å². The van der Waals surface area contributed by atoms with E-state index in [1.807, 2.05) is 6.92 Å². The average molecular weight is 258 g/mol. The molecule has 0 aliphatic carbocycles. The van der Waals surface area contributed by atoms with Crippen molar-refractivity contribution >= 4 is 5.97 Å². The Kier molecular flexibility index (Phi) is 3.69. The highest BCUT2D eigenvalue weighted by molar-refractivity contribution is 5.72. The van der Waals surface area contributed by atoms with E-state index < -0.39 is 0 Å². The number of aromatic amines is 1. The van der Waals surface area contributed by atoms with E-state index in [9.17, 15) is 4.79 Å². The second kappa shape index (κ2) is 5.26. The number of benzene rings is 1. The van der Waals surface area contributed by atoms with Crippen LogP contribution >= 0.6 is 0 Å². The highest BCUT2D eigenvalue weighted by Crippen LogP contribution is 2.25. The van der Waals surface area contributed by atoms with Crippen LogP contribution in [0.3, 0.4) is 0 Å². The smallest absolute Gasteiger partial charge is 0.313 e. The molecule has 0 fully saturated rings. The van der Waals surface area contributed by atoms with Gasteiger partial charge in [-0.15, -0.1) is 0 Å². The Hall–Kier alpha value is -2.10. The number of imidazole rings is 1. The highest BCUT2D eigenvalue weighted by Gasteiger charge is 2.13. The molecule has 100 valence electrons. The van der Waals surface area contributed by atoms with Crippen LogP contribution in [-0.4, -0.2) is 23.0 Å². The van der Waals surface area contributed by atoms with Crippen molar-refractivity contribution in [3.8, 4) is 11.3 Å². The molecule has 19 heavy (non-hydrogen) atoms. The number of carbonyl (C=O) groups excluding carboxylic acids is 1. The second-order valence-corrected chi connectivity index (χ2v) is 4.73. The number of hydrogen-bond acceptors (Lipinski definition) is 3. The Morgan fingerprint density at radius 3 is 2.68 bits per heavy atom. The summed E-state index contributed by atoms with van der Waals surface area (Å²) in [4.78, 5) is 18.9. The molecule has 0 aliphatic heterocycles. The average Bonchev–Trinajstić information content (AvgIpc) is 2.70. The van der Waals surface area contributed by atoms with Gasteiger partial charge in [0, 0.05) is 11.3 Å². The fourth-order valence-electron chi connectivity index (χ4n) is 2.16. The number of ether oxygens (including phenoxy) is 1. The first kappa shape index (κ1) is 13.3. The number of rotatable bonds is 3. The molecule has 0 unspecified atom stereocenters. The van der Waals surface area contributed by atoms with Gasteiger partial charge in [0.2, 0.25) is 0 Å². The van der Waals surface area contributed by atoms with Gasteiger partial charge in [-0.25, -0.2) is 4.98 Å². The molecule has 0 spiro atoms. The lowest BCUT2D eigenvalue weighted by molar-refractivity contribution is -0.139. The second-order valence-electron chi connectivity index (χ2n) is 4.73. The summed E-state index contributed by atoms with van der Waals surface area (Å²) in [5.41, 5.74) is 5.36. The predicted octanol–water partition coefficient (Wildman–Crippen LogP) is 2.72. The van der Waals surface area contributed by atoms with Crippen LogP contribution in [0.2, 0.25) is 0 Å². The summed E-state index contributed by atoms with van der Waals surface area (Å²) >= 11 is 0. The zero-order chi connectivity index (χ0) is 14.0. The molecule has 2 rings (SSSR count). The quantitative estimate of drug-likeness (QED) is 0.861. The topological polar surface area (TPSA) is 55.0 Å². The number of nitrogens with one attached hydrogen (secondary N) is 1. The van der Waals surface area contributed by atoms with Crippen LogP contribution in [0.5, 0.6) is 0 Å². The van der Waals surface area contributed by atoms with Crippen molar-refractivity contribution < 1.29 is 9.53 Å². The summed E-state index contributed by atoms with van der Waals surface area (Å²) in [6.07, 6.45) is 0.169. The summed E-state index contributed by atoms with van der Waals surface area (Å²) in [5, 5.41) is 0. The van der Waals surface area contributed by atoms with Crippen LogP contribution in [0.15, 0.2) is 18.2 Å². The third-order valence-electron chi connectivity index (χ3n) is 3.11. The Labute approximate surface area is 112 Å². The lowest BCUT2D eigenvalue weighted by Gasteiger charge is -2.04. The van der Waals surface area contributed by atoms with Crippen LogP contribution in [0.4, 0.5) is 0 Å². The van der Waals surface area contributed by atoms with Crippen LogP contribution in [-0.2, 0) is 16.0 Å². The van der Waals surface area contributed by atoms with Crippen molar-refractivity contribution in [3.63, 3.8) is 0 Å². The van der Waals surface area contributed by atoms with Gasteiger partial charge >= 0.3 is 5.97 Å². The zero-order valence-electron chi connectivity index (χ0n) is 11.7. The molecule has 1 aromatic heterocycles. The third kappa shape index (κ3) is 2.84. The maximum atomic E-state index is 11.3. The SMILES string of the molecule is COC(=O)Cc1nc(-c2ccc(C)cc2C)c(C)[nH]1. The fourth-order valence-corrected chi connectivity index (χ4v) is 2.16. The van der Waals surface area contributed by atoms with Gasteiger partial charge in [-0.2, -0.15) is 0 Å². The van der Waals surface area contributed by atoms with E-state index >= 15 is 0 Å². The third-order valence-corrected chi connectivity index (χ3v) is 3.11. The van der Waals surface area contributed by atoms with Crippen LogP contribution in [0.25, 0.3) is 11.3 Å². The molecule has 1 aromatic carbocycles. The molecule has 0 radical (unpaired) electrons. The van der Waals surface area contributed by atoms with Crippen molar-refractivity contribution in [1.29, 1.82) is 0 Å². The summed E-state index contributed by atoms with van der Waals surface area (Å²) in [5.74, 6) is 0.347. The Balaban J connectivity index is 2.37. The van der Waals surface area contributed by atoms with Crippen molar-refractivity contribution in [3.05, 3.63) is 40.8 Å². The van der Waals surface area contributed by atoms with E-state index in [4.69, 9.17) is 0 Å². The maximum absolute atomic E-state index is 11.3. The van der Waals surface area contributed by atoms with Gasteiger partial charge in [0.15, 0.2) is 0 Å². The van der Waals surface area contributed by atoms with E-state index in [1.54, 1.807) is 0 Å². The molecule has 0 bridgehead atoms. The molecule has 0 atom stereocenters. The van der Waals surface area contributed by atoms with Gasteiger partial charge in [-0.1, -0.05) is 23.8 Å². The van der Waals surface area contributed by atoms with E-state index in [2.05, 4.69) is 46.8 Å². The van der Waals surface area contributed by atoms with Gasteiger partial charge in [0.1, 0.15) is 12.2 Å². The maximum Gasteiger partial charge on any atom is 0.313 e. The van der Waals surface area contributed by atoms with E-state index in [-0.39, 0.29) is 12.4 Å². The van der Waals surface area contributed by atoms with Crippen LogP contribution < -0.4 is 0 Å². The summed E-state index contributed by atoms with van der Waals surface area (Å²) in [6, 6.07) is 6.26. The lowest BCUT2D eigenvalue weighted by Crippen LogP contribution is -2.05. The number of nitrogens with zero attached hydrogens (tertiary/aromatic N) is 1. The molecule has 0 aliphatic rings. The molecule has 0 saturated carbocycles. The number of aromatic nitrogens is 2. The van der Waals surface area contributed by atoms with E-state index in [0.717, 1.165) is 17.0 Å². The standard InChI is InChI=1S/C15H18N2O2/c1-9-5-6-12(10(2)7-9)15-11(3)16-13(17-15)8-14(18)19-4/h5-7H,8H2,1-4H3,(H,16,17). The fraction of sp³-hybridized carbons (Fsp3) is 0.333. The number of esters is 1. The van der Waals surface area contributed by atoms with Gasteiger partial charge in [0.05, 0.1) is 12.8 Å². The van der Waals surface area contributed by atoms with Gasteiger partial charge < -0.3 is 9.72 Å². The Bertz CT molecular complexity index is 615. The normalized spacial score (nSPS) is 10.5. The minimum atomic E-state index is -0.291. The molecule has 2 aromatic rings. The zero-order valence-corrected chi connectivity index (χ0v) is 11.7. The summed E-state index contributed by atoms with van der Waals surface area (Å²) < 4.78 is 4.65. The number of methoxy groups -OCH3 is 1. The monoisotopic (exact) mass is 258 g/mol. The molecule has 1 heterocycles.